The lowest BCUT2D eigenvalue weighted by atomic mass is 9.94. The zero-order chi connectivity index (χ0) is 17.7. The molecule has 5 nitrogen and oxygen atoms in total. The van der Waals surface area contributed by atoms with Gasteiger partial charge in [-0.2, -0.15) is 13.2 Å². The first-order valence-corrected chi connectivity index (χ1v) is 7.61. The normalized spacial score (nSPS) is 18.2. The Morgan fingerprint density at radius 2 is 1.92 bits per heavy atom. The molecule has 1 aromatic rings. The first-order valence-electron chi connectivity index (χ1n) is 7.61. The highest BCUT2D eigenvalue weighted by Crippen LogP contribution is 2.34. The molecule has 0 aromatic heterocycles. The van der Waals surface area contributed by atoms with Crippen molar-refractivity contribution >= 4 is 12.0 Å². The third-order valence-corrected chi connectivity index (χ3v) is 4.02. The predicted octanol–water partition coefficient (Wildman–Crippen LogP) is 3.12. The number of likely N-dealkylation sites (tertiary alicyclic amines) is 1. The van der Waals surface area contributed by atoms with Crippen molar-refractivity contribution in [2.24, 2.45) is 0 Å². The molecule has 2 amide bonds. The van der Waals surface area contributed by atoms with Gasteiger partial charge in [-0.3, -0.25) is 4.79 Å². The number of hydrogen-bond donors (Lipinski definition) is 1. The molecule has 0 bridgehead atoms. The number of rotatable bonds is 3. The average molecular weight is 344 g/mol. The quantitative estimate of drug-likeness (QED) is 0.917. The summed E-state index contributed by atoms with van der Waals surface area (Å²) in [5, 5.41) is 2.33. The van der Waals surface area contributed by atoms with Crippen molar-refractivity contribution in [2.45, 2.75) is 31.5 Å². The number of amides is 2. The van der Waals surface area contributed by atoms with Crippen LogP contribution in [0, 0.1) is 0 Å². The fourth-order valence-corrected chi connectivity index (χ4v) is 2.79. The van der Waals surface area contributed by atoms with Gasteiger partial charge in [-0.25, -0.2) is 4.79 Å². The van der Waals surface area contributed by atoms with Gasteiger partial charge in [0.15, 0.2) is 0 Å². The summed E-state index contributed by atoms with van der Waals surface area (Å²) >= 11 is 0. The Kier molecular flexibility index (Phi) is 5.69. The van der Waals surface area contributed by atoms with Crippen LogP contribution in [0.15, 0.2) is 24.3 Å². The lowest BCUT2D eigenvalue weighted by Gasteiger charge is -2.36. The molecule has 1 fully saturated rings. The number of methoxy groups -OCH3 is 1. The van der Waals surface area contributed by atoms with Crippen molar-refractivity contribution in [2.75, 3.05) is 20.2 Å². The van der Waals surface area contributed by atoms with Crippen LogP contribution in [-0.4, -0.2) is 37.1 Å². The largest absolute Gasteiger partial charge is 0.453 e. The topological polar surface area (TPSA) is 58.6 Å². The first kappa shape index (κ1) is 18.1. The molecule has 0 aliphatic carbocycles. The second kappa shape index (κ2) is 7.55. The van der Waals surface area contributed by atoms with Crippen molar-refractivity contribution < 1.29 is 27.5 Å². The molecule has 1 unspecified atom stereocenters. The van der Waals surface area contributed by atoms with Crippen LogP contribution in [0.5, 0.6) is 0 Å². The minimum atomic E-state index is -4.38. The van der Waals surface area contributed by atoms with Crippen molar-refractivity contribution in [3.63, 3.8) is 0 Å². The second-order valence-corrected chi connectivity index (χ2v) is 5.56. The van der Waals surface area contributed by atoms with Gasteiger partial charge in [0.1, 0.15) is 6.54 Å². The van der Waals surface area contributed by atoms with Crippen LogP contribution in [-0.2, 0) is 15.7 Å². The molecule has 1 aliphatic rings. The summed E-state index contributed by atoms with van der Waals surface area (Å²) in [6.07, 6.45) is -2.70. The average Bonchev–Trinajstić information content (AvgIpc) is 2.58. The van der Waals surface area contributed by atoms with E-state index in [0.29, 0.717) is 18.5 Å². The first-order chi connectivity index (χ1) is 11.3. The van der Waals surface area contributed by atoms with E-state index in [1.807, 2.05) is 0 Å². The highest BCUT2D eigenvalue weighted by Gasteiger charge is 2.32. The van der Waals surface area contributed by atoms with Crippen LogP contribution >= 0.6 is 0 Å². The second-order valence-electron chi connectivity index (χ2n) is 5.56. The summed E-state index contributed by atoms with van der Waals surface area (Å²) in [7, 11) is 1.20. The van der Waals surface area contributed by atoms with Gasteiger partial charge < -0.3 is 15.0 Å². The number of alkyl carbamates (subject to hydrolysis) is 1. The number of alkyl halides is 3. The Morgan fingerprint density at radius 3 is 2.50 bits per heavy atom. The Morgan fingerprint density at radius 1 is 1.25 bits per heavy atom. The van der Waals surface area contributed by atoms with Gasteiger partial charge in [-0.1, -0.05) is 12.1 Å². The van der Waals surface area contributed by atoms with Crippen LogP contribution < -0.4 is 5.32 Å². The standard InChI is InChI=1S/C16H19F3N2O3/c1-24-15(23)20-10-14(22)21-9-3-2-4-13(21)11-5-7-12(8-6-11)16(17,18)19/h5-8,13H,2-4,9-10H2,1H3,(H,20,23). The third kappa shape index (κ3) is 4.39. The molecule has 1 N–H and O–H groups in total. The highest BCUT2D eigenvalue weighted by atomic mass is 19.4. The van der Waals surface area contributed by atoms with Crippen molar-refractivity contribution in [1.29, 1.82) is 0 Å². The number of piperidine rings is 1. The van der Waals surface area contributed by atoms with E-state index < -0.39 is 17.8 Å². The number of carbonyl (C=O) groups is 2. The van der Waals surface area contributed by atoms with Crippen LogP contribution in [0.3, 0.4) is 0 Å². The molecule has 1 aromatic carbocycles. The highest BCUT2D eigenvalue weighted by molar-refractivity contribution is 5.82. The van der Waals surface area contributed by atoms with Crippen molar-refractivity contribution in [3.05, 3.63) is 35.4 Å². The van der Waals surface area contributed by atoms with Crippen LogP contribution in [0.25, 0.3) is 0 Å². The molecule has 24 heavy (non-hydrogen) atoms. The molecule has 1 atom stereocenters. The van der Waals surface area contributed by atoms with Crippen LogP contribution in [0.2, 0.25) is 0 Å². The maximum absolute atomic E-state index is 12.7. The molecule has 1 aliphatic heterocycles. The van der Waals surface area contributed by atoms with Gasteiger partial charge >= 0.3 is 12.3 Å². The molecular weight excluding hydrogens is 325 g/mol. The molecule has 1 saturated heterocycles. The Bertz CT molecular complexity index is 587. The minimum absolute atomic E-state index is 0.205. The van der Waals surface area contributed by atoms with E-state index in [2.05, 4.69) is 10.1 Å². The van der Waals surface area contributed by atoms with E-state index in [4.69, 9.17) is 0 Å². The number of halogens is 3. The molecule has 1 heterocycles. The third-order valence-electron chi connectivity index (χ3n) is 4.02. The van der Waals surface area contributed by atoms with E-state index in [1.165, 1.54) is 19.2 Å². The van der Waals surface area contributed by atoms with Crippen LogP contribution in [0.1, 0.15) is 36.4 Å². The lowest BCUT2D eigenvalue weighted by molar-refractivity contribution is -0.138. The number of hydrogen-bond acceptors (Lipinski definition) is 3. The lowest BCUT2D eigenvalue weighted by Crippen LogP contribution is -2.44. The summed E-state index contributed by atoms with van der Waals surface area (Å²) in [6.45, 7) is 0.303. The summed E-state index contributed by atoms with van der Waals surface area (Å²) in [5.74, 6) is -0.287. The summed E-state index contributed by atoms with van der Waals surface area (Å²) in [5.41, 5.74) is -0.0542. The van der Waals surface area contributed by atoms with Crippen LogP contribution in [0.4, 0.5) is 18.0 Å². The zero-order valence-corrected chi connectivity index (χ0v) is 13.2. The van der Waals surface area contributed by atoms with E-state index >= 15 is 0 Å². The molecule has 2 rings (SSSR count). The number of nitrogens with zero attached hydrogens (tertiary/aromatic N) is 1. The monoisotopic (exact) mass is 344 g/mol. The molecular formula is C16H19F3N2O3. The predicted molar refractivity (Wildman–Crippen MR) is 80.2 cm³/mol. The van der Waals surface area contributed by atoms with E-state index in [9.17, 15) is 22.8 Å². The van der Waals surface area contributed by atoms with Gasteiger partial charge in [-0.05, 0) is 37.0 Å². The summed E-state index contributed by atoms with van der Waals surface area (Å²) in [6, 6.07) is 4.59. The molecule has 0 saturated carbocycles. The van der Waals surface area contributed by atoms with Gasteiger partial charge in [0.05, 0.1) is 18.7 Å². The Hall–Kier alpha value is -2.25. The molecule has 0 spiro atoms. The van der Waals surface area contributed by atoms with E-state index in [1.54, 1.807) is 4.90 Å². The van der Waals surface area contributed by atoms with Crippen molar-refractivity contribution in [3.8, 4) is 0 Å². The number of nitrogens with one attached hydrogen (secondary N) is 1. The Labute approximate surface area is 137 Å². The fourth-order valence-electron chi connectivity index (χ4n) is 2.79. The maximum atomic E-state index is 12.7. The van der Waals surface area contributed by atoms with E-state index in [0.717, 1.165) is 25.0 Å². The minimum Gasteiger partial charge on any atom is -0.453 e. The molecule has 132 valence electrons. The number of ether oxygens (including phenoxy) is 1. The zero-order valence-electron chi connectivity index (χ0n) is 13.2. The van der Waals surface area contributed by atoms with Gasteiger partial charge in [-0.15, -0.1) is 0 Å². The molecule has 8 heteroatoms. The molecule has 0 radical (unpaired) electrons. The number of benzene rings is 1. The summed E-state index contributed by atoms with van der Waals surface area (Å²) in [4.78, 5) is 25.0. The van der Waals surface area contributed by atoms with Gasteiger partial charge in [0.2, 0.25) is 5.91 Å². The Balaban J connectivity index is 2.11. The SMILES string of the molecule is COC(=O)NCC(=O)N1CCCCC1c1ccc(C(F)(F)F)cc1. The summed E-state index contributed by atoms with van der Waals surface area (Å²) < 4.78 is 42.4. The van der Waals surface area contributed by atoms with E-state index in [-0.39, 0.29) is 18.5 Å². The maximum Gasteiger partial charge on any atom is 0.416 e. The smallest absolute Gasteiger partial charge is 0.416 e. The van der Waals surface area contributed by atoms with Gasteiger partial charge in [0.25, 0.3) is 0 Å². The van der Waals surface area contributed by atoms with Crippen molar-refractivity contribution in [1.82, 2.24) is 10.2 Å². The fraction of sp³-hybridized carbons (Fsp3) is 0.500. The van der Waals surface area contributed by atoms with Gasteiger partial charge in [0, 0.05) is 6.54 Å². The number of carbonyl (C=O) groups excluding carboxylic acids is 2.